The van der Waals surface area contributed by atoms with Gasteiger partial charge in [-0.3, -0.25) is 4.79 Å². The molecule has 30 heavy (non-hydrogen) atoms. The molecule has 2 aliphatic heterocycles. The number of aromatic nitrogens is 1. The maximum atomic E-state index is 13.5. The van der Waals surface area contributed by atoms with Gasteiger partial charge in [-0.15, -0.1) is 0 Å². The number of nitrogens with two attached hydrogens (primary N) is 1. The summed E-state index contributed by atoms with van der Waals surface area (Å²) in [7, 11) is 0. The number of carbonyl (C=O) groups excluding carboxylic acids is 1. The number of likely N-dealkylation sites (tertiary alicyclic amines) is 1. The topological polar surface area (TPSA) is 65.4 Å². The van der Waals surface area contributed by atoms with E-state index in [0.29, 0.717) is 12.3 Å². The first kappa shape index (κ1) is 19.3. The Morgan fingerprint density at radius 1 is 1.10 bits per heavy atom. The lowest BCUT2D eigenvalue weighted by Gasteiger charge is -2.37. The van der Waals surface area contributed by atoms with Gasteiger partial charge in [-0.2, -0.15) is 0 Å². The van der Waals surface area contributed by atoms with Crippen molar-refractivity contribution in [2.75, 3.05) is 31.1 Å². The Labute approximate surface area is 177 Å². The molecule has 5 heteroatoms. The number of benzene rings is 2. The maximum absolute atomic E-state index is 13.5. The van der Waals surface area contributed by atoms with Crippen molar-refractivity contribution in [3.8, 4) is 0 Å². The molecule has 3 N–H and O–H groups in total. The SMILES string of the molecule is N[C@H](Cc1c[nH]c2ccccc12)C(=O)N1C[C@@H](CN2CCCC2)Cc2ccccc21. The van der Waals surface area contributed by atoms with Crippen molar-refractivity contribution >= 4 is 22.5 Å². The lowest BCUT2D eigenvalue weighted by atomic mass is 9.91. The summed E-state index contributed by atoms with van der Waals surface area (Å²) in [5.41, 5.74) is 11.0. The minimum Gasteiger partial charge on any atom is -0.361 e. The summed E-state index contributed by atoms with van der Waals surface area (Å²) in [5, 5.41) is 1.15. The number of amides is 1. The number of para-hydroxylation sites is 2. The van der Waals surface area contributed by atoms with Crippen molar-refractivity contribution in [3.05, 3.63) is 65.9 Å². The van der Waals surface area contributed by atoms with E-state index >= 15 is 0 Å². The van der Waals surface area contributed by atoms with Gasteiger partial charge in [0.05, 0.1) is 6.04 Å². The first-order chi connectivity index (χ1) is 14.7. The highest BCUT2D eigenvalue weighted by Gasteiger charge is 2.32. The normalized spacial score (nSPS) is 20.4. The van der Waals surface area contributed by atoms with Crippen molar-refractivity contribution in [1.82, 2.24) is 9.88 Å². The Kier molecular flexibility index (Phi) is 5.32. The van der Waals surface area contributed by atoms with Crippen molar-refractivity contribution < 1.29 is 4.79 Å². The van der Waals surface area contributed by atoms with E-state index in [-0.39, 0.29) is 5.91 Å². The minimum absolute atomic E-state index is 0.0267. The van der Waals surface area contributed by atoms with Gasteiger partial charge in [-0.05, 0) is 68.0 Å². The number of nitrogens with zero attached hydrogens (tertiary/aromatic N) is 2. The third kappa shape index (κ3) is 3.75. The molecule has 3 aromatic rings. The van der Waals surface area contributed by atoms with E-state index in [1.54, 1.807) is 0 Å². The van der Waals surface area contributed by atoms with Crippen molar-refractivity contribution in [3.63, 3.8) is 0 Å². The van der Waals surface area contributed by atoms with Crippen molar-refractivity contribution in [1.29, 1.82) is 0 Å². The summed E-state index contributed by atoms with van der Waals surface area (Å²) >= 11 is 0. The smallest absolute Gasteiger partial charge is 0.244 e. The summed E-state index contributed by atoms with van der Waals surface area (Å²) in [6, 6.07) is 15.9. The average molecular weight is 403 g/mol. The highest BCUT2D eigenvalue weighted by molar-refractivity contribution is 5.98. The molecule has 0 unspecified atom stereocenters. The van der Waals surface area contributed by atoms with Gasteiger partial charge in [-0.25, -0.2) is 0 Å². The van der Waals surface area contributed by atoms with E-state index in [9.17, 15) is 4.79 Å². The van der Waals surface area contributed by atoms with E-state index in [2.05, 4.69) is 40.2 Å². The van der Waals surface area contributed by atoms with Gasteiger partial charge in [0.25, 0.3) is 0 Å². The van der Waals surface area contributed by atoms with Crippen LogP contribution in [0.5, 0.6) is 0 Å². The Morgan fingerprint density at radius 2 is 1.87 bits per heavy atom. The van der Waals surface area contributed by atoms with E-state index in [0.717, 1.165) is 41.7 Å². The molecule has 0 radical (unpaired) electrons. The van der Waals surface area contributed by atoms with Gasteiger partial charge in [0.1, 0.15) is 0 Å². The summed E-state index contributed by atoms with van der Waals surface area (Å²) < 4.78 is 0. The monoisotopic (exact) mass is 402 g/mol. The largest absolute Gasteiger partial charge is 0.361 e. The minimum atomic E-state index is -0.553. The fourth-order valence-electron chi connectivity index (χ4n) is 5.17. The third-order valence-corrected chi connectivity index (χ3v) is 6.64. The van der Waals surface area contributed by atoms with Crippen LogP contribution in [0.2, 0.25) is 0 Å². The van der Waals surface area contributed by atoms with E-state index in [1.807, 2.05) is 29.3 Å². The fourth-order valence-corrected chi connectivity index (χ4v) is 5.17. The van der Waals surface area contributed by atoms with Crippen LogP contribution < -0.4 is 10.6 Å². The van der Waals surface area contributed by atoms with Crippen LogP contribution in [0.4, 0.5) is 5.69 Å². The Bertz CT molecular complexity index is 1040. The first-order valence-corrected chi connectivity index (χ1v) is 11.1. The molecule has 3 heterocycles. The number of carbonyl (C=O) groups is 1. The number of rotatable bonds is 5. The second-order valence-corrected chi connectivity index (χ2v) is 8.83. The zero-order valence-corrected chi connectivity index (χ0v) is 17.4. The number of fused-ring (bicyclic) bond motifs is 2. The molecule has 1 saturated heterocycles. The average Bonchev–Trinajstić information content (AvgIpc) is 3.43. The summed E-state index contributed by atoms with van der Waals surface area (Å²) in [6.07, 6.45) is 6.15. The van der Waals surface area contributed by atoms with Crippen LogP contribution in [0.15, 0.2) is 54.7 Å². The van der Waals surface area contributed by atoms with Crippen molar-refractivity contribution in [2.45, 2.75) is 31.7 Å². The quantitative estimate of drug-likeness (QED) is 0.688. The van der Waals surface area contributed by atoms with Gasteiger partial charge in [0.2, 0.25) is 5.91 Å². The van der Waals surface area contributed by atoms with Gasteiger partial charge < -0.3 is 20.5 Å². The molecule has 2 atom stereocenters. The molecular weight excluding hydrogens is 372 g/mol. The third-order valence-electron chi connectivity index (χ3n) is 6.64. The standard InChI is InChI=1S/C25H30N4O/c26-22(14-20-15-27-23-9-3-2-8-21(20)23)25(30)29-17-18(16-28-11-5-6-12-28)13-19-7-1-4-10-24(19)29/h1-4,7-10,15,18,22,27H,5-6,11-14,16-17,26H2/t18-,22-/m1/s1. The van der Waals surface area contributed by atoms with Crippen LogP contribution in [0.1, 0.15) is 24.0 Å². The molecule has 0 bridgehead atoms. The molecule has 1 aromatic heterocycles. The number of H-pyrrole nitrogens is 1. The molecule has 0 spiro atoms. The molecule has 1 amide bonds. The lowest BCUT2D eigenvalue weighted by molar-refractivity contribution is -0.120. The van der Waals surface area contributed by atoms with Crippen LogP contribution in [0.25, 0.3) is 10.9 Å². The molecule has 5 rings (SSSR count). The second-order valence-electron chi connectivity index (χ2n) is 8.83. The Balaban J connectivity index is 1.36. The summed E-state index contributed by atoms with van der Waals surface area (Å²) in [4.78, 5) is 21.3. The number of aromatic amines is 1. The van der Waals surface area contributed by atoms with Crippen molar-refractivity contribution in [2.24, 2.45) is 11.7 Å². The van der Waals surface area contributed by atoms with E-state index in [1.165, 1.54) is 31.5 Å². The first-order valence-electron chi connectivity index (χ1n) is 11.1. The van der Waals surface area contributed by atoms with Crippen LogP contribution in [-0.2, 0) is 17.6 Å². The zero-order valence-electron chi connectivity index (χ0n) is 17.4. The molecule has 2 aromatic carbocycles. The molecule has 5 nitrogen and oxygen atoms in total. The molecular formula is C25H30N4O. The highest BCUT2D eigenvalue weighted by Crippen LogP contribution is 2.31. The van der Waals surface area contributed by atoms with Crippen LogP contribution >= 0.6 is 0 Å². The van der Waals surface area contributed by atoms with E-state index < -0.39 is 6.04 Å². The van der Waals surface area contributed by atoms with Crippen LogP contribution in [-0.4, -0.2) is 48.0 Å². The summed E-state index contributed by atoms with van der Waals surface area (Å²) in [5.74, 6) is 0.487. The van der Waals surface area contributed by atoms with Gasteiger partial charge in [0, 0.05) is 35.9 Å². The van der Waals surface area contributed by atoms with Gasteiger partial charge in [0.15, 0.2) is 0 Å². The Morgan fingerprint density at radius 3 is 2.73 bits per heavy atom. The Hall–Kier alpha value is -2.63. The predicted octanol–water partition coefficient (Wildman–Crippen LogP) is 3.34. The van der Waals surface area contributed by atoms with Gasteiger partial charge >= 0.3 is 0 Å². The fraction of sp³-hybridized carbons (Fsp3) is 0.400. The molecule has 0 saturated carbocycles. The molecule has 156 valence electrons. The molecule has 1 fully saturated rings. The molecule has 2 aliphatic rings. The summed E-state index contributed by atoms with van der Waals surface area (Å²) in [6.45, 7) is 4.20. The number of nitrogens with one attached hydrogen (secondary N) is 1. The predicted molar refractivity (Wildman–Crippen MR) is 122 cm³/mol. The maximum Gasteiger partial charge on any atom is 0.244 e. The second kappa shape index (κ2) is 8.25. The van der Waals surface area contributed by atoms with E-state index in [4.69, 9.17) is 5.73 Å². The van der Waals surface area contributed by atoms with Gasteiger partial charge in [-0.1, -0.05) is 36.4 Å². The number of hydrogen-bond acceptors (Lipinski definition) is 3. The molecule has 0 aliphatic carbocycles. The zero-order chi connectivity index (χ0) is 20.5. The number of anilines is 1. The lowest BCUT2D eigenvalue weighted by Crippen LogP contribution is -2.50. The highest BCUT2D eigenvalue weighted by atomic mass is 16.2. The van der Waals surface area contributed by atoms with Crippen LogP contribution in [0.3, 0.4) is 0 Å². The number of hydrogen-bond donors (Lipinski definition) is 2. The van der Waals surface area contributed by atoms with Crippen LogP contribution in [0, 0.1) is 5.92 Å².